The summed E-state index contributed by atoms with van der Waals surface area (Å²) in [6.45, 7) is 5.41. The van der Waals surface area contributed by atoms with Crippen molar-refractivity contribution in [2.75, 3.05) is 0 Å². The first kappa shape index (κ1) is 10.5. The highest BCUT2D eigenvalue weighted by Gasteiger charge is 2.09. The topological polar surface area (TPSA) is 33.0 Å². The lowest BCUT2D eigenvalue weighted by Gasteiger charge is -2.11. The molecule has 0 aliphatic heterocycles. The molecule has 0 spiro atoms. The number of aryl methyl sites for hydroxylation is 1. The Morgan fingerprint density at radius 2 is 2.07 bits per heavy atom. The van der Waals surface area contributed by atoms with Gasteiger partial charge in [-0.1, -0.05) is 0 Å². The van der Waals surface area contributed by atoms with Crippen molar-refractivity contribution in [2.24, 2.45) is 0 Å². The summed E-state index contributed by atoms with van der Waals surface area (Å²) < 4.78 is 18.5. The predicted molar refractivity (Wildman–Crippen MR) is 51.6 cm³/mol. The summed E-state index contributed by atoms with van der Waals surface area (Å²) in [5.74, 6) is -0.280. The molecular formula is C11H12FNO. The molecule has 3 heteroatoms. The molecule has 0 aromatic heterocycles. The van der Waals surface area contributed by atoms with E-state index in [0.717, 1.165) is 5.56 Å². The van der Waals surface area contributed by atoms with Gasteiger partial charge in [0, 0.05) is 0 Å². The van der Waals surface area contributed by atoms with Crippen molar-refractivity contribution in [3.63, 3.8) is 0 Å². The third-order valence-electron chi connectivity index (χ3n) is 1.76. The van der Waals surface area contributed by atoms with E-state index in [4.69, 9.17) is 10.00 Å². The van der Waals surface area contributed by atoms with Crippen LogP contribution in [0.25, 0.3) is 0 Å². The fourth-order valence-electron chi connectivity index (χ4n) is 1.12. The molecule has 74 valence electrons. The maximum atomic E-state index is 13.3. The number of halogens is 1. The Balaban J connectivity index is 3.10. The van der Waals surface area contributed by atoms with Gasteiger partial charge in [0.15, 0.2) is 11.6 Å². The number of nitriles is 1. The van der Waals surface area contributed by atoms with Crippen molar-refractivity contribution >= 4 is 0 Å². The smallest absolute Gasteiger partial charge is 0.166 e. The van der Waals surface area contributed by atoms with Crippen molar-refractivity contribution in [2.45, 2.75) is 26.9 Å². The van der Waals surface area contributed by atoms with E-state index in [1.807, 2.05) is 19.9 Å². The van der Waals surface area contributed by atoms with Gasteiger partial charge in [-0.05, 0) is 38.5 Å². The zero-order valence-corrected chi connectivity index (χ0v) is 8.47. The number of hydrogen-bond acceptors (Lipinski definition) is 2. The zero-order valence-electron chi connectivity index (χ0n) is 8.47. The second-order valence-electron chi connectivity index (χ2n) is 3.38. The maximum Gasteiger partial charge on any atom is 0.166 e. The fourth-order valence-corrected chi connectivity index (χ4v) is 1.12. The molecule has 0 aliphatic rings. The lowest BCUT2D eigenvalue weighted by Crippen LogP contribution is -2.07. The van der Waals surface area contributed by atoms with Crippen molar-refractivity contribution < 1.29 is 9.13 Å². The molecule has 0 fully saturated rings. The van der Waals surface area contributed by atoms with Crippen LogP contribution in [0.4, 0.5) is 4.39 Å². The van der Waals surface area contributed by atoms with Crippen LogP contribution in [0.3, 0.4) is 0 Å². The first-order valence-corrected chi connectivity index (χ1v) is 4.41. The van der Waals surface area contributed by atoms with E-state index in [-0.39, 0.29) is 11.9 Å². The highest BCUT2D eigenvalue weighted by molar-refractivity contribution is 5.42. The van der Waals surface area contributed by atoms with Crippen LogP contribution in [-0.2, 0) is 0 Å². The van der Waals surface area contributed by atoms with Gasteiger partial charge in [-0.2, -0.15) is 5.26 Å². The normalized spacial score (nSPS) is 10.0. The van der Waals surface area contributed by atoms with Crippen LogP contribution in [0, 0.1) is 24.1 Å². The van der Waals surface area contributed by atoms with Crippen LogP contribution < -0.4 is 4.74 Å². The third kappa shape index (κ3) is 2.23. The molecule has 0 N–H and O–H groups in total. The summed E-state index contributed by atoms with van der Waals surface area (Å²) in [7, 11) is 0. The Labute approximate surface area is 82.9 Å². The van der Waals surface area contributed by atoms with Gasteiger partial charge in [-0.3, -0.25) is 0 Å². The van der Waals surface area contributed by atoms with Crippen LogP contribution in [0.1, 0.15) is 25.0 Å². The maximum absolute atomic E-state index is 13.3. The molecular weight excluding hydrogens is 181 g/mol. The monoisotopic (exact) mass is 193 g/mol. The van der Waals surface area contributed by atoms with E-state index in [1.165, 1.54) is 6.07 Å². The van der Waals surface area contributed by atoms with Gasteiger partial charge in [0.1, 0.15) is 0 Å². The van der Waals surface area contributed by atoms with E-state index in [0.29, 0.717) is 5.56 Å². The van der Waals surface area contributed by atoms with E-state index in [1.54, 1.807) is 13.0 Å². The Kier molecular flexibility index (Phi) is 3.08. The summed E-state index contributed by atoms with van der Waals surface area (Å²) in [6, 6.07) is 4.67. The van der Waals surface area contributed by atoms with Crippen LogP contribution in [0.5, 0.6) is 5.75 Å². The van der Waals surface area contributed by atoms with E-state index in [2.05, 4.69) is 0 Å². The van der Waals surface area contributed by atoms with Crippen LogP contribution in [-0.4, -0.2) is 6.10 Å². The van der Waals surface area contributed by atoms with Gasteiger partial charge in [-0.25, -0.2) is 4.39 Å². The standard InChI is InChI=1S/C11H12FNO/c1-7(2)14-11-4-8(3)9(6-13)5-10(11)12/h4-5,7H,1-3H3. The second kappa shape index (κ2) is 4.10. The Bertz CT molecular complexity index is 380. The first-order valence-electron chi connectivity index (χ1n) is 4.41. The van der Waals surface area contributed by atoms with E-state index in [9.17, 15) is 4.39 Å². The molecule has 0 atom stereocenters. The molecule has 0 amide bonds. The van der Waals surface area contributed by atoms with Gasteiger partial charge in [0.05, 0.1) is 17.7 Å². The number of hydrogen-bond donors (Lipinski definition) is 0. The van der Waals surface area contributed by atoms with Crippen molar-refractivity contribution in [1.82, 2.24) is 0 Å². The highest BCUT2D eigenvalue weighted by Crippen LogP contribution is 2.22. The molecule has 0 unspecified atom stereocenters. The molecule has 0 bridgehead atoms. The third-order valence-corrected chi connectivity index (χ3v) is 1.76. The van der Waals surface area contributed by atoms with Crippen molar-refractivity contribution in [3.05, 3.63) is 29.1 Å². The average molecular weight is 193 g/mol. The number of rotatable bonds is 2. The molecule has 14 heavy (non-hydrogen) atoms. The Morgan fingerprint density at radius 1 is 1.43 bits per heavy atom. The molecule has 1 aromatic carbocycles. The molecule has 0 heterocycles. The van der Waals surface area contributed by atoms with Gasteiger partial charge < -0.3 is 4.74 Å². The Morgan fingerprint density at radius 3 is 2.57 bits per heavy atom. The average Bonchev–Trinajstić information content (AvgIpc) is 2.10. The van der Waals surface area contributed by atoms with Gasteiger partial charge >= 0.3 is 0 Å². The summed E-state index contributed by atoms with van der Waals surface area (Å²) in [5, 5.41) is 8.66. The van der Waals surface area contributed by atoms with Gasteiger partial charge in [0.25, 0.3) is 0 Å². The summed E-state index contributed by atoms with van der Waals surface area (Å²) in [4.78, 5) is 0. The lowest BCUT2D eigenvalue weighted by molar-refractivity contribution is 0.231. The quantitative estimate of drug-likeness (QED) is 0.723. The highest BCUT2D eigenvalue weighted by atomic mass is 19.1. The number of ether oxygens (including phenoxy) is 1. The minimum absolute atomic E-state index is 0.0724. The minimum atomic E-state index is -0.485. The second-order valence-corrected chi connectivity index (χ2v) is 3.38. The molecule has 1 aromatic rings. The van der Waals surface area contributed by atoms with Gasteiger partial charge in [-0.15, -0.1) is 0 Å². The van der Waals surface area contributed by atoms with Crippen molar-refractivity contribution in [3.8, 4) is 11.8 Å². The predicted octanol–water partition coefficient (Wildman–Crippen LogP) is 2.79. The Hall–Kier alpha value is -1.56. The SMILES string of the molecule is Cc1cc(OC(C)C)c(F)cc1C#N. The minimum Gasteiger partial charge on any atom is -0.488 e. The van der Waals surface area contributed by atoms with E-state index >= 15 is 0 Å². The summed E-state index contributed by atoms with van der Waals surface area (Å²) in [6.07, 6.45) is -0.0724. The number of nitrogens with zero attached hydrogens (tertiary/aromatic N) is 1. The van der Waals surface area contributed by atoms with Crippen LogP contribution in [0.15, 0.2) is 12.1 Å². The largest absolute Gasteiger partial charge is 0.488 e. The van der Waals surface area contributed by atoms with Crippen LogP contribution in [0.2, 0.25) is 0 Å². The van der Waals surface area contributed by atoms with Crippen LogP contribution >= 0.6 is 0 Å². The molecule has 2 nitrogen and oxygen atoms in total. The molecule has 0 radical (unpaired) electrons. The first-order chi connectivity index (χ1) is 6.54. The molecule has 1 rings (SSSR count). The summed E-state index contributed by atoms with van der Waals surface area (Å²) in [5.41, 5.74) is 1.07. The fraction of sp³-hybridized carbons (Fsp3) is 0.364. The molecule has 0 saturated heterocycles. The molecule has 0 saturated carbocycles. The molecule has 0 aliphatic carbocycles. The van der Waals surface area contributed by atoms with E-state index < -0.39 is 5.82 Å². The van der Waals surface area contributed by atoms with Crippen molar-refractivity contribution in [1.29, 1.82) is 5.26 Å². The zero-order chi connectivity index (χ0) is 10.7. The van der Waals surface area contributed by atoms with Gasteiger partial charge in [0.2, 0.25) is 0 Å². The lowest BCUT2D eigenvalue weighted by atomic mass is 10.1. The number of benzene rings is 1. The summed E-state index contributed by atoms with van der Waals surface area (Å²) >= 11 is 0.